The molecule has 0 spiro atoms. The van der Waals surface area contributed by atoms with Gasteiger partial charge in [-0.05, 0) is 11.6 Å². The lowest BCUT2D eigenvalue weighted by atomic mass is 10.1. The van der Waals surface area contributed by atoms with Crippen LogP contribution in [0.5, 0.6) is 0 Å². The highest BCUT2D eigenvalue weighted by Crippen LogP contribution is 2.32. The fraction of sp³-hybridized carbons (Fsp3) is 0.0909. The zero-order chi connectivity index (χ0) is 14.9. The number of halogens is 3. The van der Waals surface area contributed by atoms with E-state index < -0.39 is 28.9 Å². The monoisotopic (exact) mass is 282 g/mol. The van der Waals surface area contributed by atoms with E-state index in [1.165, 1.54) is 0 Å². The summed E-state index contributed by atoms with van der Waals surface area (Å²) in [7, 11) is 1.07. The molecule has 0 unspecified atom stereocenters. The van der Waals surface area contributed by atoms with Crippen LogP contribution in [0.15, 0.2) is 17.4 Å². The van der Waals surface area contributed by atoms with Crippen LogP contribution in [-0.2, 0) is 4.74 Å². The number of carbonyl (C=O) groups is 1. The van der Waals surface area contributed by atoms with Gasteiger partial charge < -0.3 is 4.74 Å². The Morgan fingerprint density at radius 3 is 2.70 bits per heavy atom. The zero-order valence-electron chi connectivity index (χ0n) is 9.89. The van der Waals surface area contributed by atoms with Gasteiger partial charge in [-0.25, -0.2) is 18.0 Å². The SMILES string of the molecule is COC(=O)c1cnc2c(F)c(F)c(F)cc2c1N=[N+]=[N-]. The van der Waals surface area contributed by atoms with Crippen LogP contribution in [0, 0.1) is 17.5 Å². The second-order valence-electron chi connectivity index (χ2n) is 3.58. The van der Waals surface area contributed by atoms with E-state index in [0.29, 0.717) is 6.07 Å². The van der Waals surface area contributed by atoms with E-state index in [0.717, 1.165) is 13.3 Å². The standard InChI is InChI=1S/C11H5F3N4O2/c1-20-11(19)5-3-16-10-4(9(5)17-18-15)2-6(12)7(13)8(10)14/h2-3H,1H3. The number of ether oxygens (including phenoxy) is 1. The normalized spacial score (nSPS) is 10.2. The molecule has 0 atom stereocenters. The number of aromatic nitrogens is 1. The molecule has 0 aliphatic heterocycles. The summed E-state index contributed by atoms with van der Waals surface area (Å²) in [6.45, 7) is 0. The second-order valence-corrected chi connectivity index (χ2v) is 3.58. The Morgan fingerprint density at radius 2 is 2.10 bits per heavy atom. The number of carbonyl (C=O) groups excluding carboxylic acids is 1. The lowest BCUT2D eigenvalue weighted by Gasteiger charge is -2.08. The van der Waals surface area contributed by atoms with E-state index in [1.54, 1.807) is 0 Å². The molecule has 0 saturated carbocycles. The number of hydrogen-bond acceptors (Lipinski definition) is 4. The number of hydrogen-bond donors (Lipinski definition) is 0. The summed E-state index contributed by atoms with van der Waals surface area (Å²) in [4.78, 5) is 17.5. The van der Waals surface area contributed by atoms with Crippen LogP contribution in [0.2, 0.25) is 0 Å². The lowest BCUT2D eigenvalue weighted by Crippen LogP contribution is -2.04. The molecule has 6 nitrogen and oxygen atoms in total. The fourth-order valence-electron chi connectivity index (χ4n) is 1.64. The Morgan fingerprint density at radius 1 is 1.40 bits per heavy atom. The molecule has 1 aromatic carbocycles. The van der Waals surface area contributed by atoms with E-state index in [2.05, 4.69) is 19.7 Å². The molecule has 0 fully saturated rings. The number of rotatable bonds is 2. The van der Waals surface area contributed by atoms with Gasteiger partial charge in [0, 0.05) is 16.5 Å². The molecule has 9 heteroatoms. The largest absolute Gasteiger partial charge is 0.465 e. The van der Waals surface area contributed by atoms with E-state index in [4.69, 9.17) is 5.53 Å². The van der Waals surface area contributed by atoms with E-state index in [9.17, 15) is 18.0 Å². The number of methoxy groups -OCH3 is 1. The molecule has 2 aromatic rings. The van der Waals surface area contributed by atoms with Gasteiger partial charge in [-0.2, -0.15) is 0 Å². The Bertz CT molecular complexity index is 772. The van der Waals surface area contributed by atoms with Crippen molar-refractivity contribution in [1.29, 1.82) is 0 Å². The molecule has 0 radical (unpaired) electrons. The molecular weight excluding hydrogens is 277 g/mol. The average Bonchev–Trinajstić information content (AvgIpc) is 2.45. The van der Waals surface area contributed by atoms with Crippen molar-refractivity contribution in [1.82, 2.24) is 4.98 Å². The summed E-state index contributed by atoms with van der Waals surface area (Å²) in [6, 6.07) is 0.594. The van der Waals surface area contributed by atoms with Crippen molar-refractivity contribution in [3.63, 3.8) is 0 Å². The molecule has 20 heavy (non-hydrogen) atoms. The number of esters is 1. The van der Waals surface area contributed by atoms with Crippen molar-refractivity contribution in [2.75, 3.05) is 7.11 Å². The van der Waals surface area contributed by atoms with Crippen molar-refractivity contribution in [3.05, 3.63) is 45.7 Å². The molecule has 2 rings (SSSR count). The summed E-state index contributed by atoms with van der Waals surface area (Å²) in [5.74, 6) is -5.64. The highest BCUT2D eigenvalue weighted by molar-refractivity contribution is 6.03. The summed E-state index contributed by atoms with van der Waals surface area (Å²) in [5.41, 5.74) is 7.24. The topological polar surface area (TPSA) is 88.0 Å². The minimum absolute atomic E-state index is 0.289. The van der Waals surface area contributed by atoms with Crippen LogP contribution in [0.25, 0.3) is 21.3 Å². The predicted octanol–water partition coefficient (Wildman–Crippen LogP) is 3.38. The van der Waals surface area contributed by atoms with Crippen molar-refractivity contribution < 1.29 is 22.7 Å². The second kappa shape index (κ2) is 5.06. The fourth-order valence-corrected chi connectivity index (χ4v) is 1.64. The summed E-state index contributed by atoms with van der Waals surface area (Å²) in [5, 5.41) is 2.87. The number of pyridine rings is 1. The average molecular weight is 282 g/mol. The van der Waals surface area contributed by atoms with Crippen LogP contribution < -0.4 is 0 Å². The van der Waals surface area contributed by atoms with Gasteiger partial charge in [0.2, 0.25) is 0 Å². The van der Waals surface area contributed by atoms with Crippen molar-refractivity contribution in [3.8, 4) is 0 Å². The van der Waals surface area contributed by atoms with Gasteiger partial charge >= 0.3 is 5.97 Å². The van der Waals surface area contributed by atoms with Crippen LogP contribution in [0.4, 0.5) is 18.9 Å². The highest BCUT2D eigenvalue weighted by atomic mass is 19.2. The molecular formula is C11H5F3N4O2. The maximum atomic E-state index is 13.6. The number of fused-ring (bicyclic) bond motifs is 1. The zero-order valence-corrected chi connectivity index (χ0v) is 9.89. The molecule has 1 heterocycles. The first-order chi connectivity index (χ1) is 9.51. The minimum atomic E-state index is -1.71. The Kier molecular flexibility index (Phi) is 3.45. The third kappa shape index (κ3) is 1.99. The molecule has 1 aromatic heterocycles. The minimum Gasteiger partial charge on any atom is -0.465 e. The first-order valence-corrected chi connectivity index (χ1v) is 5.10. The van der Waals surface area contributed by atoms with Crippen molar-refractivity contribution in [2.24, 2.45) is 5.11 Å². The van der Waals surface area contributed by atoms with Crippen molar-refractivity contribution >= 4 is 22.6 Å². The van der Waals surface area contributed by atoms with Gasteiger partial charge in [0.05, 0.1) is 18.4 Å². The predicted molar refractivity (Wildman–Crippen MR) is 61.8 cm³/mol. The number of benzene rings is 1. The van der Waals surface area contributed by atoms with Gasteiger partial charge in [-0.15, -0.1) is 0 Å². The Hall–Kier alpha value is -2.80. The smallest absolute Gasteiger partial charge is 0.339 e. The van der Waals surface area contributed by atoms with E-state index in [1.807, 2.05) is 0 Å². The third-order valence-electron chi connectivity index (χ3n) is 2.52. The highest BCUT2D eigenvalue weighted by Gasteiger charge is 2.21. The summed E-state index contributed by atoms with van der Waals surface area (Å²) < 4.78 is 44.4. The molecule has 0 N–H and O–H groups in total. The maximum Gasteiger partial charge on any atom is 0.339 e. The summed E-state index contributed by atoms with van der Waals surface area (Å²) >= 11 is 0. The van der Waals surface area contributed by atoms with Gasteiger partial charge in [0.1, 0.15) is 5.52 Å². The van der Waals surface area contributed by atoms with Crippen LogP contribution in [0.3, 0.4) is 0 Å². The van der Waals surface area contributed by atoms with Crippen LogP contribution in [0.1, 0.15) is 10.4 Å². The van der Waals surface area contributed by atoms with Crippen molar-refractivity contribution in [2.45, 2.75) is 0 Å². The van der Waals surface area contributed by atoms with Gasteiger partial charge in [-0.3, -0.25) is 4.98 Å². The molecule has 0 aliphatic carbocycles. The molecule has 0 aliphatic rings. The summed E-state index contributed by atoms with van der Waals surface area (Å²) in [6.07, 6.45) is 0.860. The van der Waals surface area contributed by atoms with Gasteiger partial charge in [0.25, 0.3) is 0 Å². The lowest BCUT2D eigenvalue weighted by molar-refractivity contribution is 0.0601. The molecule has 0 bridgehead atoms. The quantitative estimate of drug-likeness (QED) is 0.278. The van der Waals surface area contributed by atoms with Gasteiger partial charge in [-0.1, -0.05) is 5.11 Å². The van der Waals surface area contributed by atoms with E-state index >= 15 is 0 Å². The first kappa shape index (κ1) is 13.6. The first-order valence-electron chi connectivity index (χ1n) is 5.10. The van der Waals surface area contributed by atoms with Gasteiger partial charge in [0.15, 0.2) is 17.5 Å². The van der Waals surface area contributed by atoms with Crippen LogP contribution in [-0.4, -0.2) is 18.1 Å². The molecule has 0 amide bonds. The van der Waals surface area contributed by atoms with E-state index in [-0.39, 0.29) is 16.6 Å². The van der Waals surface area contributed by atoms with Crippen LogP contribution >= 0.6 is 0 Å². The number of nitrogens with zero attached hydrogens (tertiary/aromatic N) is 4. The maximum absolute atomic E-state index is 13.6. The molecule has 0 saturated heterocycles. The third-order valence-corrected chi connectivity index (χ3v) is 2.52. The Labute approximate surface area is 109 Å². The number of azide groups is 1. The Balaban J connectivity index is 2.95. The molecule has 102 valence electrons.